The van der Waals surface area contributed by atoms with Gasteiger partial charge in [0.15, 0.2) is 0 Å². The molecule has 5 nitrogen and oxygen atoms in total. The number of nitrogens with zero attached hydrogens (tertiary/aromatic N) is 1. The van der Waals surface area contributed by atoms with Crippen molar-refractivity contribution in [2.75, 3.05) is 19.6 Å². The Kier molecular flexibility index (Phi) is 6.79. The number of carbonyl (C=O) groups excluding carboxylic acids is 2. The Labute approximate surface area is 186 Å². The summed E-state index contributed by atoms with van der Waals surface area (Å²) < 4.78 is 46.2. The van der Waals surface area contributed by atoms with Crippen LogP contribution >= 0.6 is 0 Å². The van der Waals surface area contributed by atoms with Crippen molar-refractivity contribution in [3.05, 3.63) is 35.4 Å². The molecule has 0 aromatic heterocycles. The first-order valence-electron chi connectivity index (χ1n) is 11.7. The SMILES string of the molecule is O=C(NCC1CCC2(CCN(C(=O)c3ccccc3C(F)(F)F)CC2)O1)C1CCCCC1. The predicted octanol–water partition coefficient (Wildman–Crippen LogP) is 4.56. The lowest BCUT2D eigenvalue weighted by Crippen LogP contribution is -2.47. The Balaban J connectivity index is 1.28. The first kappa shape index (κ1) is 23.1. The van der Waals surface area contributed by atoms with Gasteiger partial charge in [-0.3, -0.25) is 9.59 Å². The van der Waals surface area contributed by atoms with Crippen LogP contribution in [0.4, 0.5) is 13.2 Å². The molecule has 1 spiro atoms. The van der Waals surface area contributed by atoms with Crippen LogP contribution in [0.5, 0.6) is 0 Å². The molecule has 2 saturated heterocycles. The van der Waals surface area contributed by atoms with Crippen LogP contribution in [0.25, 0.3) is 0 Å². The van der Waals surface area contributed by atoms with E-state index in [-0.39, 0.29) is 29.1 Å². The number of rotatable bonds is 4. The molecule has 32 heavy (non-hydrogen) atoms. The maximum Gasteiger partial charge on any atom is 0.417 e. The van der Waals surface area contributed by atoms with E-state index in [2.05, 4.69) is 5.32 Å². The van der Waals surface area contributed by atoms with E-state index in [0.29, 0.717) is 32.5 Å². The number of halogens is 3. The third-order valence-electron chi connectivity index (χ3n) is 7.24. The lowest BCUT2D eigenvalue weighted by molar-refractivity contribution is -0.138. The van der Waals surface area contributed by atoms with E-state index >= 15 is 0 Å². The topological polar surface area (TPSA) is 58.6 Å². The van der Waals surface area contributed by atoms with Crippen LogP contribution in [0.3, 0.4) is 0 Å². The van der Waals surface area contributed by atoms with Crippen LogP contribution in [0.1, 0.15) is 73.7 Å². The van der Waals surface area contributed by atoms with Gasteiger partial charge in [0.2, 0.25) is 5.91 Å². The molecule has 2 heterocycles. The number of amides is 2. The molecular weight excluding hydrogens is 421 g/mol. The summed E-state index contributed by atoms with van der Waals surface area (Å²) in [5.74, 6) is -0.340. The zero-order valence-corrected chi connectivity index (χ0v) is 18.3. The summed E-state index contributed by atoms with van der Waals surface area (Å²) in [6.07, 6.45) is 3.63. The second-order valence-electron chi connectivity index (χ2n) is 9.38. The van der Waals surface area contributed by atoms with Gasteiger partial charge in [0.25, 0.3) is 5.91 Å². The van der Waals surface area contributed by atoms with E-state index in [1.807, 2.05) is 0 Å². The molecule has 2 amide bonds. The fourth-order valence-corrected chi connectivity index (χ4v) is 5.34. The molecule has 1 aliphatic carbocycles. The van der Waals surface area contributed by atoms with E-state index in [9.17, 15) is 22.8 Å². The highest BCUT2D eigenvalue weighted by atomic mass is 19.4. The number of piperidine rings is 1. The molecule has 0 bridgehead atoms. The van der Waals surface area contributed by atoms with Crippen molar-refractivity contribution in [1.29, 1.82) is 0 Å². The van der Waals surface area contributed by atoms with Gasteiger partial charge in [0, 0.05) is 25.6 Å². The van der Waals surface area contributed by atoms with E-state index < -0.39 is 17.6 Å². The maximum absolute atomic E-state index is 13.3. The second-order valence-corrected chi connectivity index (χ2v) is 9.38. The first-order valence-corrected chi connectivity index (χ1v) is 11.7. The molecule has 2 aliphatic heterocycles. The predicted molar refractivity (Wildman–Crippen MR) is 113 cm³/mol. The number of likely N-dealkylation sites (tertiary alicyclic amines) is 1. The van der Waals surface area contributed by atoms with Gasteiger partial charge in [0.05, 0.1) is 22.8 Å². The molecule has 8 heteroatoms. The second kappa shape index (κ2) is 9.41. The van der Waals surface area contributed by atoms with Gasteiger partial charge in [-0.05, 0) is 50.7 Å². The van der Waals surface area contributed by atoms with Crippen molar-refractivity contribution in [3.8, 4) is 0 Å². The van der Waals surface area contributed by atoms with Crippen molar-refractivity contribution in [3.63, 3.8) is 0 Å². The number of benzene rings is 1. The minimum atomic E-state index is -4.56. The maximum atomic E-state index is 13.3. The van der Waals surface area contributed by atoms with E-state index in [1.54, 1.807) is 0 Å². The summed E-state index contributed by atoms with van der Waals surface area (Å²) >= 11 is 0. The number of alkyl halides is 3. The van der Waals surface area contributed by atoms with Crippen LogP contribution in [0.2, 0.25) is 0 Å². The van der Waals surface area contributed by atoms with Gasteiger partial charge in [-0.2, -0.15) is 13.2 Å². The Morgan fingerprint density at radius 3 is 2.41 bits per heavy atom. The molecular formula is C24H31F3N2O3. The summed E-state index contributed by atoms with van der Waals surface area (Å²) in [4.78, 5) is 26.7. The van der Waals surface area contributed by atoms with Crippen LogP contribution in [0, 0.1) is 5.92 Å². The van der Waals surface area contributed by atoms with E-state index in [4.69, 9.17) is 4.74 Å². The quantitative estimate of drug-likeness (QED) is 0.729. The number of hydrogen-bond acceptors (Lipinski definition) is 3. The van der Waals surface area contributed by atoms with E-state index in [0.717, 1.165) is 44.6 Å². The molecule has 1 unspecified atom stereocenters. The van der Waals surface area contributed by atoms with Crippen LogP contribution < -0.4 is 5.32 Å². The molecule has 1 atom stereocenters. The van der Waals surface area contributed by atoms with Gasteiger partial charge in [-0.1, -0.05) is 31.4 Å². The highest BCUT2D eigenvalue weighted by Crippen LogP contribution is 2.40. The Hall–Kier alpha value is -2.09. The average molecular weight is 453 g/mol. The number of carbonyl (C=O) groups is 2. The minimum absolute atomic E-state index is 0.0456. The van der Waals surface area contributed by atoms with Gasteiger partial charge in [-0.25, -0.2) is 0 Å². The van der Waals surface area contributed by atoms with Crippen molar-refractivity contribution in [2.45, 2.75) is 75.7 Å². The third kappa shape index (κ3) is 5.11. The normalized spacial score (nSPS) is 24.0. The van der Waals surface area contributed by atoms with Crippen LogP contribution in [-0.4, -0.2) is 48.1 Å². The zero-order chi connectivity index (χ0) is 22.8. The summed E-state index contributed by atoms with van der Waals surface area (Å²) in [7, 11) is 0. The molecule has 4 rings (SSSR count). The first-order chi connectivity index (χ1) is 15.3. The van der Waals surface area contributed by atoms with Crippen molar-refractivity contribution in [1.82, 2.24) is 10.2 Å². The molecule has 3 aliphatic rings. The lowest BCUT2D eigenvalue weighted by Gasteiger charge is -2.39. The van der Waals surface area contributed by atoms with Crippen LogP contribution in [0.15, 0.2) is 24.3 Å². The molecule has 0 radical (unpaired) electrons. The minimum Gasteiger partial charge on any atom is -0.370 e. The molecule has 3 fully saturated rings. The van der Waals surface area contributed by atoms with Crippen LogP contribution in [-0.2, 0) is 15.7 Å². The molecule has 1 aromatic carbocycles. The summed E-state index contributed by atoms with van der Waals surface area (Å²) in [6.45, 7) is 1.23. The molecule has 176 valence electrons. The Morgan fingerprint density at radius 1 is 1.03 bits per heavy atom. The highest BCUT2D eigenvalue weighted by Gasteiger charge is 2.44. The Morgan fingerprint density at radius 2 is 1.72 bits per heavy atom. The van der Waals surface area contributed by atoms with Crippen molar-refractivity contribution >= 4 is 11.8 Å². The largest absolute Gasteiger partial charge is 0.417 e. The number of nitrogens with one attached hydrogen (secondary N) is 1. The van der Waals surface area contributed by atoms with Gasteiger partial charge >= 0.3 is 6.18 Å². The van der Waals surface area contributed by atoms with E-state index in [1.165, 1.54) is 29.5 Å². The fraction of sp³-hybridized carbons (Fsp3) is 0.667. The van der Waals surface area contributed by atoms with Gasteiger partial charge < -0.3 is 15.0 Å². The zero-order valence-electron chi connectivity index (χ0n) is 18.3. The lowest BCUT2D eigenvalue weighted by atomic mass is 9.88. The number of hydrogen-bond donors (Lipinski definition) is 1. The average Bonchev–Trinajstić information content (AvgIpc) is 3.20. The fourth-order valence-electron chi connectivity index (χ4n) is 5.34. The van der Waals surface area contributed by atoms with Gasteiger partial charge in [-0.15, -0.1) is 0 Å². The summed E-state index contributed by atoms with van der Waals surface area (Å²) in [6, 6.07) is 4.95. The standard InChI is InChI=1S/C24H31F3N2O3/c25-24(26,27)20-9-5-4-8-19(20)22(31)29-14-12-23(13-15-29)11-10-18(32-23)16-28-21(30)17-6-2-1-3-7-17/h4-5,8-9,17-18H,1-3,6-7,10-16H2,(H,28,30). The van der Waals surface area contributed by atoms with Crippen molar-refractivity contribution < 1.29 is 27.5 Å². The molecule has 1 aromatic rings. The van der Waals surface area contributed by atoms with Gasteiger partial charge in [0.1, 0.15) is 0 Å². The monoisotopic (exact) mass is 452 g/mol. The highest BCUT2D eigenvalue weighted by molar-refractivity contribution is 5.96. The summed E-state index contributed by atoms with van der Waals surface area (Å²) in [5.41, 5.74) is -1.54. The third-order valence-corrected chi connectivity index (χ3v) is 7.24. The summed E-state index contributed by atoms with van der Waals surface area (Å²) in [5, 5.41) is 3.05. The number of ether oxygens (including phenoxy) is 1. The molecule has 1 N–H and O–H groups in total. The van der Waals surface area contributed by atoms with Crippen molar-refractivity contribution in [2.24, 2.45) is 5.92 Å². The smallest absolute Gasteiger partial charge is 0.370 e. The Bertz CT molecular complexity index is 828. The molecule has 1 saturated carbocycles.